The molecular formula is C23H46N2O3. The van der Waals surface area contributed by atoms with Crippen LogP contribution < -0.4 is 5.32 Å². The van der Waals surface area contributed by atoms with Crippen LogP contribution in [0.3, 0.4) is 0 Å². The highest BCUT2D eigenvalue weighted by Crippen LogP contribution is 2.10. The molecular weight excluding hydrogens is 352 g/mol. The molecule has 2 N–H and O–H groups in total. The number of hydrogen-bond donors (Lipinski definition) is 2. The van der Waals surface area contributed by atoms with Gasteiger partial charge >= 0.3 is 0 Å². The molecule has 28 heavy (non-hydrogen) atoms. The van der Waals surface area contributed by atoms with E-state index >= 15 is 0 Å². The summed E-state index contributed by atoms with van der Waals surface area (Å²) >= 11 is 0. The summed E-state index contributed by atoms with van der Waals surface area (Å²) in [5.41, 5.74) is 0.591. The van der Waals surface area contributed by atoms with Crippen molar-refractivity contribution in [2.45, 2.75) is 97.8 Å². The first-order valence-corrected chi connectivity index (χ1v) is 11.1. The Kier molecular flexibility index (Phi) is 22.6. The first-order valence-electron chi connectivity index (χ1n) is 11.1. The summed E-state index contributed by atoms with van der Waals surface area (Å²) in [7, 11) is 2.21. The van der Waals surface area contributed by atoms with Gasteiger partial charge in [0.15, 0.2) is 0 Å². The lowest BCUT2D eigenvalue weighted by molar-refractivity contribution is -0.134. The summed E-state index contributed by atoms with van der Waals surface area (Å²) in [5.74, 6) is -0.853. The Balaban J connectivity index is 0. The first-order chi connectivity index (χ1) is 13.3. The molecule has 0 unspecified atom stereocenters. The SMILES string of the molecule is C=C(C)C(=O)NCCCCN(C)CCCCCCCCCCCC.CC(=O)O. The van der Waals surface area contributed by atoms with Crippen LogP contribution in [0.4, 0.5) is 0 Å². The number of carbonyl (C=O) groups is 2. The summed E-state index contributed by atoms with van der Waals surface area (Å²) in [6, 6.07) is 0. The highest BCUT2D eigenvalue weighted by molar-refractivity contribution is 5.91. The van der Waals surface area contributed by atoms with Gasteiger partial charge in [-0.3, -0.25) is 9.59 Å². The van der Waals surface area contributed by atoms with Crippen LogP contribution in [0.15, 0.2) is 12.2 Å². The molecule has 0 bridgehead atoms. The molecule has 0 fully saturated rings. The number of carbonyl (C=O) groups excluding carboxylic acids is 1. The molecule has 0 saturated heterocycles. The topological polar surface area (TPSA) is 69.6 Å². The summed E-state index contributed by atoms with van der Waals surface area (Å²) in [4.78, 5) is 22.8. The molecule has 0 spiro atoms. The van der Waals surface area contributed by atoms with E-state index in [2.05, 4.69) is 30.8 Å². The fraction of sp³-hybridized carbons (Fsp3) is 0.826. The Morgan fingerprint density at radius 1 is 0.821 bits per heavy atom. The van der Waals surface area contributed by atoms with Crippen LogP contribution in [0.25, 0.3) is 0 Å². The molecule has 0 aliphatic rings. The number of carboxylic acids is 1. The molecule has 166 valence electrons. The van der Waals surface area contributed by atoms with Gasteiger partial charge in [-0.05, 0) is 46.3 Å². The molecule has 5 nitrogen and oxygen atoms in total. The number of nitrogens with one attached hydrogen (secondary N) is 1. The van der Waals surface area contributed by atoms with Crippen molar-refractivity contribution in [3.8, 4) is 0 Å². The number of hydrogen-bond acceptors (Lipinski definition) is 3. The number of unbranched alkanes of at least 4 members (excludes halogenated alkanes) is 10. The van der Waals surface area contributed by atoms with Gasteiger partial charge in [-0.1, -0.05) is 71.3 Å². The third-order valence-corrected chi connectivity index (χ3v) is 4.53. The Bertz CT molecular complexity index is 393. The van der Waals surface area contributed by atoms with Gasteiger partial charge < -0.3 is 15.3 Å². The van der Waals surface area contributed by atoms with Crippen molar-refractivity contribution in [3.63, 3.8) is 0 Å². The van der Waals surface area contributed by atoms with Crippen molar-refractivity contribution in [2.24, 2.45) is 0 Å². The van der Waals surface area contributed by atoms with Crippen molar-refractivity contribution in [2.75, 3.05) is 26.7 Å². The quantitative estimate of drug-likeness (QED) is 0.254. The van der Waals surface area contributed by atoms with Gasteiger partial charge in [0.2, 0.25) is 5.91 Å². The summed E-state index contributed by atoms with van der Waals surface area (Å²) in [6.07, 6.45) is 16.2. The second-order valence-electron chi connectivity index (χ2n) is 7.75. The fourth-order valence-electron chi connectivity index (χ4n) is 2.84. The Morgan fingerprint density at radius 3 is 1.64 bits per heavy atom. The van der Waals surface area contributed by atoms with Crippen LogP contribution in [-0.2, 0) is 9.59 Å². The summed E-state index contributed by atoms with van der Waals surface area (Å²) < 4.78 is 0. The van der Waals surface area contributed by atoms with E-state index < -0.39 is 5.97 Å². The van der Waals surface area contributed by atoms with Crippen molar-refractivity contribution in [3.05, 3.63) is 12.2 Å². The van der Waals surface area contributed by atoms with Gasteiger partial charge in [0, 0.05) is 19.0 Å². The van der Waals surface area contributed by atoms with Gasteiger partial charge in [-0.15, -0.1) is 0 Å². The lowest BCUT2D eigenvalue weighted by Crippen LogP contribution is -2.26. The summed E-state index contributed by atoms with van der Waals surface area (Å²) in [5, 5.41) is 10.3. The minimum absolute atomic E-state index is 0.0197. The molecule has 0 radical (unpaired) electrons. The standard InChI is InChI=1S/C21H42N2O.C2H4O2/c1-5-6-7-8-9-10-11-12-13-15-18-23(4)19-16-14-17-22-21(24)20(2)3;1-2(3)4/h2,5-19H2,1,3-4H3,(H,22,24);1H3,(H,3,4). The van der Waals surface area contributed by atoms with E-state index in [9.17, 15) is 4.79 Å². The second-order valence-corrected chi connectivity index (χ2v) is 7.75. The molecule has 0 aromatic carbocycles. The average Bonchev–Trinajstić information content (AvgIpc) is 2.62. The molecule has 0 aromatic rings. The van der Waals surface area contributed by atoms with E-state index in [4.69, 9.17) is 9.90 Å². The van der Waals surface area contributed by atoms with Gasteiger partial charge in [0.1, 0.15) is 0 Å². The molecule has 0 aliphatic heterocycles. The van der Waals surface area contributed by atoms with Crippen molar-refractivity contribution in [1.29, 1.82) is 0 Å². The predicted octanol–water partition coefficient (Wildman–Crippen LogP) is 5.40. The van der Waals surface area contributed by atoms with Crippen LogP contribution in [0.1, 0.15) is 97.8 Å². The van der Waals surface area contributed by atoms with E-state index in [-0.39, 0.29) is 5.91 Å². The number of rotatable bonds is 17. The van der Waals surface area contributed by atoms with E-state index in [0.29, 0.717) is 5.57 Å². The maximum atomic E-state index is 11.3. The Labute approximate surface area is 174 Å². The van der Waals surface area contributed by atoms with E-state index in [0.717, 1.165) is 32.9 Å². The van der Waals surface area contributed by atoms with Crippen LogP contribution >= 0.6 is 0 Å². The fourth-order valence-corrected chi connectivity index (χ4v) is 2.84. The van der Waals surface area contributed by atoms with Crippen LogP contribution in [0.2, 0.25) is 0 Å². The minimum Gasteiger partial charge on any atom is -0.481 e. The zero-order valence-corrected chi connectivity index (χ0v) is 19.0. The molecule has 0 saturated carbocycles. The normalized spacial score (nSPS) is 10.3. The molecule has 0 aromatic heterocycles. The number of aliphatic carboxylic acids is 1. The molecule has 1 amide bonds. The highest BCUT2D eigenvalue weighted by atomic mass is 16.4. The van der Waals surface area contributed by atoms with Crippen molar-refractivity contribution in [1.82, 2.24) is 10.2 Å². The lowest BCUT2D eigenvalue weighted by Gasteiger charge is -2.16. The molecule has 0 heterocycles. The Morgan fingerprint density at radius 2 is 1.21 bits per heavy atom. The van der Waals surface area contributed by atoms with Gasteiger partial charge in [0.25, 0.3) is 5.97 Å². The Hall–Kier alpha value is -1.36. The maximum Gasteiger partial charge on any atom is 0.300 e. The lowest BCUT2D eigenvalue weighted by atomic mass is 10.1. The minimum atomic E-state index is -0.833. The zero-order valence-electron chi connectivity index (χ0n) is 19.0. The van der Waals surface area contributed by atoms with E-state index in [1.165, 1.54) is 70.8 Å². The number of carboxylic acid groups (broad SMARTS) is 1. The van der Waals surface area contributed by atoms with E-state index in [1.54, 1.807) is 6.92 Å². The smallest absolute Gasteiger partial charge is 0.300 e. The monoisotopic (exact) mass is 398 g/mol. The molecule has 0 atom stereocenters. The zero-order chi connectivity index (χ0) is 21.6. The second kappa shape index (κ2) is 21.9. The van der Waals surface area contributed by atoms with Crippen molar-refractivity contribution < 1.29 is 14.7 Å². The molecule has 0 rings (SSSR count). The van der Waals surface area contributed by atoms with Crippen LogP contribution in [0.5, 0.6) is 0 Å². The molecule has 0 aliphatic carbocycles. The predicted molar refractivity (Wildman–Crippen MR) is 120 cm³/mol. The third kappa shape index (κ3) is 26.9. The maximum absolute atomic E-state index is 11.3. The average molecular weight is 399 g/mol. The van der Waals surface area contributed by atoms with Gasteiger partial charge in [0.05, 0.1) is 0 Å². The third-order valence-electron chi connectivity index (χ3n) is 4.53. The van der Waals surface area contributed by atoms with Crippen LogP contribution in [-0.4, -0.2) is 48.6 Å². The first kappa shape index (κ1) is 28.8. The number of nitrogens with zero attached hydrogens (tertiary/aromatic N) is 1. The van der Waals surface area contributed by atoms with Gasteiger partial charge in [-0.25, -0.2) is 0 Å². The van der Waals surface area contributed by atoms with Crippen LogP contribution in [0, 0.1) is 0 Å². The number of amides is 1. The summed E-state index contributed by atoms with van der Waals surface area (Å²) in [6.45, 7) is 11.8. The van der Waals surface area contributed by atoms with Gasteiger partial charge in [-0.2, -0.15) is 0 Å². The highest BCUT2D eigenvalue weighted by Gasteiger charge is 2.01. The molecule has 5 heteroatoms. The van der Waals surface area contributed by atoms with E-state index in [1.807, 2.05) is 0 Å². The largest absolute Gasteiger partial charge is 0.481 e. The van der Waals surface area contributed by atoms with Crippen molar-refractivity contribution >= 4 is 11.9 Å².